The highest BCUT2D eigenvalue weighted by Crippen LogP contribution is 2.23. The molecule has 1 heterocycles. The number of aromatic nitrogens is 2. The molecule has 0 atom stereocenters. The van der Waals surface area contributed by atoms with Crippen LogP contribution < -0.4 is 10.5 Å². The van der Waals surface area contributed by atoms with Gasteiger partial charge in [0.25, 0.3) is 0 Å². The van der Waals surface area contributed by atoms with Crippen LogP contribution in [-0.4, -0.2) is 15.9 Å². The van der Waals surface area contributed by atoms with Crippen molar-refractivity contribution in [3.63, 3.8) is 0 Å². The minimum absolute atomic E-state index is 0.399. The molecule has 72 valence electrons. The van der Waals surface area contributed by atoms with E-state index in [1.54, 1.807) is 10.9 Å². The summed E-state index contributed by atoms with van der Waals surface area (Å²) in [6.45, 7) is 0.411. The van der Waals surface area contributed by atoms with E-state index in [4.69, 9.17) is 10.5 Å². The molecule has 2 rings (SSSR count). The maximum absolute atomic E-state index is 5.72. The molecule has 13 heavy (non-hydrogen) atoms. The zero-order chi connectivity index (χ0) is 9.10. The van der Waals surface area contributed by atoms with E-state index in [0.717, 1.165) is 5.75 Å². The van der Waals surface area contributed by atoms with Gasteiger partial charge < -0.3 is 10.5 Å². The van der Waals surface area contributed by atoms with Crippen molar-refractivity contribution in [1.82, 2.24) is 9.78 Å². The average Bonchev–Trinajstić information content (AvgIpc) is 2.76. The van der Waals surface area contributed by atoms with E-state index in [9.17, 15) is 0 Å². The monoisotopic (exact) mass is 181 g/mol. The standard InChI is InChI=1S/C9H15N3O/c10-7-12-6-9(5-11-12)13-8-3-1-2-4-8/h5-6,8H,1-4,7,10H2. The Labute approximate surface area is 77.7 Å². The first-order valence-electron chi connectivity index (χ1n) is 4.77. The number of nitrogens with zero attached hydrogens (tertiary/aromatic N) is 2. The summed E-state index contributed by atoms with van der Waals surface area (Å²) in [5.41, 5.74) is 5.42. The molecule has 0 aromatic carbocycles. The maximum Gasteiger partial charge on any atom is 0.157 e. The van der Waals surface area contributed by atoms with Crippen LogP contribution >= 0.6 is 0 Å². The first-order valence-corrected chi connectivity index (χ1v) is 4.77. The highest BCUT2D eigenvalue weighted by atomic mass is 16.5. The molecule has 1 fully saturated rings. The lowest BCUT2D eigenvalue weighted by Gasteiger charge is -2.09. The predicted octanol–water partition coefficient (Wildman–Crippen LogP) is 1.12. The van der Waals surface area contributed by atoms with Gasteiger partial charge in [-0.25, -0.2) is 0 Å². The maximum atomic E-state index is 5.72. The fraction of sp³-hybridized carbons (Fsp3) is 0.667. The molecule has 1 saturated carbocycles. The van der Waals surface area contributed by atoms with Crippen LogP contribution in [0.4, 0.5) is 0 Å². The van der Waals surface area contributed by atoms with E-state index in [-0.39, 0.29) is 0 Å². The fourth-order valence-corrected chi connectivity index (χ4v) is 1.70. The van der Waals surface area contributed by atoms with Gasteiger partial charge in [0, 0.05) is 0 Å². The lowest BCUT2D eigenvalue weighted by Crippen LogP contribution is -2.10. The quantitative estimate of drug-likeness (QED) is 0.760. The zero-order valence-electron chi connectivity index (χ0n) is 7.65. The van der Waals surface area contributed by atoms with Gasteiger partial charge in [-0.05, 0) is 25.7 Å². The van der Waals surface area contributed by atoms with Gasteiger partial charge >= 0.3 is 0 Å². The Balaban J connectivity index is 1.92. The molecule has 1 aromatic heterocycles. The summed E-state index contributed by atoms with van der Waals surface area (Å²) >= 11 is 0. The predicted molar refractivity (Wildman–Crippen MR) is 49.3 cm³/mol. The van der Waals surface area contributed by atoms with Crippen molar-refractivity contribution in [2.45, 2.75) is 38.5 Å². The Hall–Kier alpha value is -1.03. The van der Waals surface area contributed by atoms with Crippen molar-refractivity contribution in [3.8, 4) is 5.75 Å². The van der Waals surface area contributed by atoms with Crippen molar-refractivity contribution in [2.24, 2.45) is 5.73 Å². The molecule has 4 heteroatoms. The minimum Gasteiger partial charge on any atom is -0.487 e. The molecule has 0 radical (unpaired) electrons. The van der Waals surface area contributed by atoms with Crippen molar-refractivity contribution in [3.05, 3.63) is 12.4 Å². The second-order valence-electron chi connectivity index (χ2n) is 3.42. The number of hydrogen-bond donors (Lipinski definition) is 1. The number of nitrogens with two attached hydrogens (primary N) is 1. The highest BCUT2D eigenvalue weighted by Gasteiger charge is 2.16. The normalized spacial score (nSPS) is 17.9. The van der Waals surface area contributed by atoms with Gasteiger partial charge in [-0.15, -0.1) is 0 Å². The van der Waals surface area contributed by atoms with E-state index in [0.29, 0.717) is 12.8 Å². The smallest absolute Gasteiger partial charge is 0.157 e. The van der Waals surface area contributed by atoms with Gasteiger partial charge in [0.05, 0.1) is 25.2 Å². The molecular weight excluding hydrogens is 166 g/mol. The summed E-state index contributed by atoms with van der Waals surface area (Å²) in [7, 11) is 0. The van der Waals surface area contributed by atoms with Crippen molar-refractivity contribution in [1.29, 1.82) is 0 Å². The summed E-state index contributed by atoms with van der Waals surface area (Å²) in [4.78, 5) is 0. The van der Waals surface area contributed by atoms with Crippen LogP contribution in [0.3, 0.4) is 0 Å². The summed E-state index contributed by atoms with van der Waals surface area (Å²) in [6.07, 6.45) is 8.90. The number of hydrogen-bond acceptors (Lipinski definition) is 3. The lowest BCUT2D eigenvalue weighted by atomic mass is 10.3. The van der Waals surface area contributed by atoms with Crippen LogP contribution in [0.25, 0.3) is 0 Å². The summed E-state index contributed by atoms with van der Waals surface area (Å²) in [5.74, 6) is 0.845. The molecule has 0 spiro atoms. The van der Waals surface area contributed by atoms with Crippen LogP contribution in [-0.2, 0) is 6.67 Å². The molecule has 0 unspecified atom stereocenters. The third kappa shape index (κ3) is 2.01. The SMILES string of the molecule is NCn1cc(OC2CCCC2)cn1. The molecule has 0 aliphatic heterocycles. The largest absolute Gasteiger partial charge is 0.487 e. The summed E-state index contributed by atoms with van der Waals surface area (Å²) < 4.78 is 7.39. The number of rotatable bonds is 3. The Morgan fingerprint density at radius 2 is 2.31 bits per heavy atom. The van der Waals surface area contributed by atoms with E-state index < -0.39 is 0 Å². The first-order chi connectivity index (χ1) is 6.38. The Morgan fingerprint density at radius 1 is 1.54 bits per heavy atom. The lowest BCUT2D eigenvalue weighted by molar-refractivity contribution is 0.210. The average molecular weight is 181 g/mol. The third-order valence-corrected chi connectivity index (χ3v) is 2.40. The Kier molecular flexibility index (Phi) is 2.49. The molecule has 1 aliphatic carbocycles. The second-order valence-corrected chi connectivity index (χ2v) is 3.42. The fourth-order valence-electron chi connectivity index (χ4n) is 1.70. The van der Waals surface area contributed by atoms with Gasteiger partial charge in [0.2, 0.25) is 0 Å². The van der Waals surface area contributed by atoms with E-state index >= 15 is 0 Å². The van der Waals surface area contributed by atoms with E-state index in [2.05, 4.69) is 5.10 Å². The van der Waals surface area contributed by atoms with Crippen LogP contribution in [0.2, 0.25) is 0 Å². The minimum atomic E-state index is 0.399. The van der Waals surface area contributed by atoms with E-state index in [1.807, 2.05) is 6.20 Å². The molecule has 0 bridgehead atoms. The molecule has 0 saturated heterocycles. The van der Waals surface area contributed by atoms with Crippen molar-refractivity contribution in [2.75, 3.05) is 0 Å². The molecular formula is C9H15N3O. The summed E-state index contributed by atoms with van der Waals surface area (Å²) in [6, 6.07) is 0. The molecule has 2 N–H and O–H groups in total. The zero-order valence-corrected chi connectivity index (χ0v) is 7.65. The van der Waals surface area contributed by atoms with Gasteiger partial charge in [-0.1, -0.05) is 0 Å². The molecule has 0 amide bonds. The van der Waals surface area contributed by atoms with Crippen LogP contribution in [0.15, 0.2) is 12.4 Å². The van der Waals surface area contributed by atoms with Gasteiger partial charge in [-0.3, -0.25) is 4.68 Å². The van der Waals surface area contributed by atoms with E-state index in [1.165, 1.54) is 25.7 Å². The van der Waals surface area contributed by atoms with Crippen molar-refractivity contribution < 1.29 is 4.74 Å². The van der Waals surface area contributed by atoms with Gasteiger partial charge in [0.1, 0.15) is 0 Å². The van der Waals surface area contributed by atoms with Gasteiger partial charge in [0.15, 0.2) is 5.75 Å². The Morgan fingerprint density at radius 3 is 2.92 bits per heavy atom. The van der Waals surface area contributed by atoms with Crippen LogP contribution in [0, 0.1) is 0 Å². The molecule has 1 aliphatic rings. The first kappa shape index (κ1) is 8.56. The van der Waals surface area contributed by atoms with Crippen LogP contribution in [0.1, 0.15) is 25.7 Å². The third-order valence-electron chi connectivity index (χ3n) is 2.40. The van der Waals surface area contributed by atoms with Crippen molar-refractivity contribution >= 4 is 0 Å². The second kappa shape index (κ2) is 3.79. The Bertz CT molecular complexity index is 266. The topological polar surface area (TPSA) is 53.1 Å². The van der Waals surface area contributed by atoms with Gasteiger partial charge in [-0.2, -0.15) is 5.10 Å². The molecule has 1 aromatic rings. The molecule has 4 nitrogen and oxygen atoms in total. The number of ether oxygens (including phenoxy) is 1. The van der Waals surface area contributed by atoms with Crippen LogP contribution in [0.5, 0.6) is 5.75 Å². The summed E-state index contributed by atoms with van der Waals surface area (Å²) in [5, 5.41) is 4.04. The highest BCUT2D eigenvalue weighted by molar-refractivity contribution is 5.12.